The van der Waals surface area contributed by atoms with Crippen LogP contribution >= 0.6 is 0 Å². The number of carboxylic acid groups (broad SMARTS) is 1. The molecule has 0 fully saturated rings. The van der Waals surface area contributed by atoms with Gasteiger partial charge in [0.1, 0.15) is 12.2 Å². The number of nitrogens with one attached hydrogen (secondary N) is 1. The van der Waals surface area contributed by atoms with Crippen LogP contribution in [0.4, 0.5) is 13.2 Å². The van der Waals surface area contributed by atoms with E-state index in [1.54, 1.807) is 0 Å². The maximum absolute atomic E-state index is 10.6. The summed E-state index contributed by atoms with van der Waals surface area (Å²) in [6, 6.07) is 16.8. The van der Waals surface area contributed by atoms with Crippen molar-refractivity contribution in [2.24, 2.45) is 0 Å². The molecule has 4 aromatic rings. The molecule has 0 saturated carbocycles. The second kappa shape index (κ2) is 10.3. The van der Waals surface area contributed by atoms with Crippen molar-refractivity contribution < 1.29 is 23.1 Å². The molecule has 2 N–H and O–H groups in total. The number of aryl methyl sites for hydroxylation is 1. The lowest BCUT2D eigenvalue weighted by atomic mass is 10.2. The minimum Gasteiger partial charge on any atom is -0.475 e. The number of nitrogens with zero attached hydrogens (tertiary/aromatic N) is 4. The summed E-state index contributed by atoms with van der Waals surface area (Å²) in [5, 5.41) is 10.6. The van der Waals surface area contributed by atoms with Crippen LogP contribution in [-0.4, -0.2) is 36.4 Å². The number of carboxylic acids is 1. The quantitative estimate of drug-likeness (QED) is 0.444. The lowest BCUT2D eigenvalue weighted by Crippen LogP contribution is -2.21. The van der Waals surface area contributed by atoms with Crippen molar-refractivity contribution in [3.63, 3.8) is 0 Å². The number of fused-ring (bicyclic) bond motifs is 1. The highest BCUT2D eigenvalue weighted by Crippen LogP contribution is 2.18. The van der Waals surface area contributed by atoms with Crippen LogP contribution in [0, 0.1) is 6.92 Å². The Morgan fingerprint density at radius 1 is 1.06 bits per heavy atom. The lowest BCUT2D eigenvalue weighted by Gasteiger charge is -2.10. The molecule has 174 valence electrons. The van der Waals surface area contributed by atoms with Crippen LogP contribution in [0.5, 0.6) is 0 Å². The van der Waals surface area contributed by atoms with E-state index in [1.165, 1.54) is 11.3 Å². The lowest BCUT2D eigenvalue weighted by molar-refractivity contribution is -0.192. The number of benzene rings is 2. The molecule has 0 aliphatic carbocycles. The van der Waals surface area contributed by atoms with Gasteiger partial charge in [0, 0.05) is 31.5 Å². The number of para-hydroxylation sites is 2. The second-order valence-corrected chi connectivity index (χ2v) is 7.22. The van der Waals surface area contributed by atoms with Crippen molar-refractivity contribution in [2.75, 3.05) is 0 Å². The normalized spacial score (nSPS) is 11.3. The number of aliphatic carboxylic acids is 1. The van der Waals surface area contributed by atoms with Crippen LogP contribution in [0.15, 0.2) is 61.1 Å². The first-order valence-corrected chi connectivity index (χ1v) is 10.2. The average molecular weight is 459 g/mol. The number of aromatic nitrogens is 4. The van der Waals surface area contributed by atoms with Crippen LogP contribution in [0.25, 0.3) is 16.7 Å². The zero-order valence-electron chi connectivity index (χ0n) is 18.2. The molecule has 4 rings (SSSR count). The van der Waals surface area contributed by atoms with E-state index < -0.39 is 12.1 Å². The Bertz CT molecular complexity index is 1210. The van der Waals surface area contributed by atoms with E-state index >= 15 is 0 Å². The van der Waals surface area contributed by atoms with Crippen molar-refractivity contribution in [1.29, 1.82) is 0 Å². The summed E-state index contributed by atoms with van der Waals surface area (Å²) in [7, 11) is 0. The van der Waals surface area contributed by atoms with Crippen molar-refractivity contribution in [1.82, 2.24) is 24.4 Å². The number of alkyl halides is 3. The van der Waals surface area contributed by atoms with Gasteiger partial charge in [-0.25, -0.2) is 14.8 Å². The van der Waals surface area contributed by atoms with Gasteiger partial charge >= 0.3 is 12.1 Å². The minimum absolute atomic E-state index is 0.822. The van der Waals surface area contributed by atoms with Gasteiger partial charge in [0.15, 0.2) is 0 Å². The SMILES string of the molecule is CCn1c(CNCc2ccc(-n3cnc4ccccc43)cc2)cnc1C.O=C(O)C(F)(F)F. The summed E-state index contributed by atoms with van der Waals surface area (Å²) >= 11 is 0. The fraction of sp³-hybridized carbons (Fsp3) is 0.261. The third kappa shape index (κ3) is 5.98. The van der Waals surface area contributed by atoms with Gasteiger partial charge in [0.25, 0.3) is 0 Å². The largest absolute Gasteiger partial charge is 0.490 e. The van der Waals surface area contributed by atoms with Gasteiger partial charge in [0.05, 0.1) is 16.7 Å². The van der Waals surface area contributed by atoms with E-state index in [0.717, 1.165) is 42.2 Å². The number of halogens is 3. The van der Waals surface area contributed by atoms with E-state index in [-0.39, 0.29) is 0 Å². The summed E-state index contributed by atoms with van der Waals surface area (Å²) in [5.41, 5.74) is 5.76. The van der Waals surface area contributed by atoms with E-state index in [1.807, 2.05) is 37.6 Å². The van der Waals surface area contributed by atoms with Crippen molar-refractivity contribution in [3.8, 4) is 5.69 Å². The summed E-state index contributed by atoms with van der Waals surface area (Å²) in [6.45, 7) is 6.81. The number of hydrogen-bond donors (Lipinski definition) is 2. The number of hydrogen-bond acceptors (Lipinski definition) is 4. The van der Waals surface area contributed by atoms with E-state index in [9.17, 15) is 13.2 Å². The summed E-state index contributed by atoms with van der Waals surface area (Å²) in [5.74, 6) is -1.69. The van der Waals surface area contributed by atoms with Gasteiger partial charge in [0.2, 0.25) is 0 Å². The molecule has 0 unspecified atom stereocenters. The van der Waals surface area contributed by atoms with Gasteiger partial charge in [-0.2, -0.15) is 13.2 Å². The molecule has 2 heterocycles. The molecule has 2 aromatic heterocycles. The zero-order chi connectivity index (χ0) is 24.0. The fourth-order valence-corrected chi connectivity index (χ4v) is 3.36. The van der Waals surface area contributed by atoms with E-state index in [4.69, 9.17) is 9.90 Å². The smallest absolute Gasteiger partial charge is 0.475 e. The zero-order valence-corrected chi connectivity index (χ0v) is 18.2. The molecule has 0 bridgehead atoms. The Kier molecular flexibility index (Phi) is 7.49. The predicted molar refractivity (Wildman–Crippen MR) is 118 cm³/mol. The molecule has 0 amide bonds. The molecule has 0 saturated heterocycles. The Morgan fingerprint density at radius 2 is 1.73 bits per heavy atom. The highest BCUT2D eigenvalue weighted by atomic mass is 19.4. The molecule has 33 heavy (non-hydrogen) atoms. The molecule has 2 aromatic carbocycles. The standard InChI is InChI=1S/C21H23N5.C2HF3O2/c1-3-25-16(2)23-14-19(25)13-22-12-17-8-10-18(11-9-17)26-15-24-20-6-4-5-7-21(20)26;3-2(4,5)1(6)7/h4-11,14-15,22H,3,12-13H2,1-2H3;(H,6,7). The first kappa shape index (κ1) is 24.0. The monoisotopic (exact) mass is 459 g/mol. The van der Waals surface area contributed by atoms with Crippen LogP contribution in [-0.2, 0) is 24.4 Å². The number of imidazole rings is 2. The molecular formula is C23H24F3N5O2. The Labute approximate surface area is 188 Å². The van der Waals surface area contributed by atoms with Gasteiger partial charge in [-0.1, -0.05) is 24.3 Å². The molecule has 0 atom stereocenters. The summed E-state index contributed by atoms with van der Waals surface area (Å²) in [6.07, 6.45) is -1.24. The van der Waals surface area contributed by atoms with E-state index in [2.05, 4.69) is 61.7 Å². The van der Waals surface area contributed by atoms with Crippen molar-refractivity contribution in [3.05, 3.63) is 78.1 Å². The molecule has 7 nitrogen and oxygen atoms in total. The molecule has 0 spiro atoms. The fourth-order valence-electron chi connectivity index (χ4n) is 3.36. The Hall–Kier alpha value is -3.66. The minimum atomic E-state index is -5.08. The summed E-state index contributed by atoms with van der Waals surface area (Å²) in [4.78, 5) is 17.7. The topological polar surface area (TPSA) is 85.0 Å². The maximum atomic E-state index is 10.6. The van der Waals surface area contributed by atoms with Crippen molar-refractivity contribution in [2.45, 2.75) is 39.7 Å². The van der Waals surface area contributed by atoms with E-state index in [0.29, 0.717) is 0 Å². The second-order valence-electron chi connectivity index (χ2n) is 7.22. The summed E-state index contributed by atoms with van der Waals surface area (Å²) < 4.78 is 36.1. The molecular weight excluding hydrogens is 435 g/mol. The number of rotatable bonds is 6. The molecule has 10 heteroatoms. The first-order chi connectivity index (χ1) is 15.7. The van der Waals surface area contributed by atoms with Gasteiger partial charge in [-0.05, 0) is 43.7 Å². The van der Waals surface area contributed by atoms with Crippen LogP contribution in [0.2, 0.25) is 0 Å². The molecule has 0 aliphatic rings. The highest BCUT2D eigenvalue weighted by molar-refractivity contribution is 5.77. The molecule has 0 radical (unpaired) electrons. The average Bonchev–Trinajstić information content (AvgIpc) is 3.37. The highest BCUT2D eigenvalue weighted by Gasteiger charge is 2.38. The van der Waals surface area contributed by atoms with Crippen LogP contribution in [0.3, 0.4) is 0 Å². The van der Waals surface area contributed by atoms with Crippen LogP contribution < -0.4 is 5.32 Å². The first-order valence-electron chi connectivity index (χ1n) is 10.2. The molecule has 0 aliphatic heterocycles. The maximum Gasteiger partial charge on any atom is 0.490 e. The van der Waals surface area contributed by atoms with Gasteiger partial charge in [-0.15, -0.1) is 0 Å². The van der Waals surface area contributed by atoms with Gasteiger partial charge in [-0.3, -0.25) is 4.57 Å². The predicted octanol–water partition coefficient (Wildman–Crippen LogP) is 4.47. The Balaban J connectivity index is 0.000000383. The van der Waals surface area contributed by atoms with Gasteiger partial charge < -0.3 is 15.0 Å². The third-order valence-corrected chi connectivity index (χ3v) is 5.00. The van der Waals surface area contributed by atoms with Crippen molar-refractivity contribution >= 4 is 17.0 Å². The Morgan fingerprint density at radius 3 is 2.36 bits per heavy atom. The third-order valence-electron chi connectivity index (χ3n) is 5.00. The van der Waals surface area contributed by atoms with Crippen LogP contribution in [0.1, 0.15) is 24.0 Å². The number of carbonyl (C=O) groups is 1.